The summed E-state index contributed by atoms with van der Waals surface area (Å²) in [5.74, 6) is 0.647. The lowest BCUT2D eigenvalue weighted by molar-refractivity contribution is -0.121. The van der Waals surface area contributed by atoms with E-state index < -0.39 is 9.84 Å². The van der Waals surface area contributed by atoms with E-state index >= 15 is 0 Å². The Hall–Kier alpha value is -1.54. The monoisotopic (exact) mass is 424 g/mol. The summed E-state index contributed by atoms with van der Waals surface area (Å²) in [5.41, 5.74) is 0.821. The molecule has 1 amide bonds. The number of carbonyl (C=O) groups is 1. The molecule has 2 aliphatic rings. The number of benzene rings is 1. The van der Waals surface area contributed by atoms with E-state index in [2.05, 4.69) is 11.9 Å². The largest absolute Gasteiger partial charge is 0.494 e. The van der Waals surface area contributed by atoms with Gasteiger partial charge in [-0.2, -0.15) is 4.99 Å². The number of amidine groups is 1. The lowest BCUT2D eigenvalue weighted by Gasteiger charge is -2.25. The highest BCUT2D eigenvalue weighted by molar-refractivity contribution is 8.16. The fourth-order valence-electron chi connectivity index (χ4n) is 3.30. The van der Waals surface area contributed by atoms with Gasteiger partial charge in [-0.25, -0.2) is 8.42 Å². The molecule has 2 aliphatic heterocycles. The molecule has 28 heavy (non-hydrogen) atoms. The van der Waals surface area contributed by atoms with E-state index in [1.165, 1.54) is 11.8 Å². The second kappa shape index (κ2) is 8.86. The Kier molecular flexibility index (Phi) is 6.70. The average molecular weight is 425 g/mol. The number of unbranched alkanes of at least 4 members (excludes halogenated alkanes) is 1. The minimum atomic E-state index is -3.08. The number of nitrogens with zero attached hydrogens (tertiary/aromatic N) is 2. The van der Waals surface area contributed by atoms with Crippen LogP contribution in [0, 0.1) is 5.92 Å². The number of aliphatic imine (C=N–C) groups is 1. The number of amides is 1. The molecule has 0 N–H and O–H groups in total. The topological polar surface area (TPSA) is 76.0 Å². The van der Waals surface area contributed by atoms with Gasteiger partial charge >= 0.3 is 0 Å². The van der Waals surface area contributed by atoms with Crippen LogP contribution in [0.5, 0.6) is 5.75 Å². The number of anilines is 1. The van der Waals surface area contributed by atoms with E-state index in [-0.39, 0.29) is 34.6 Å². The van der Waals surface area contributed by atoms with Crippen LogP contribution in [0.4, 0.5) is 5.69 Å². The molecule has 0 spiro atoms. The van der Waals surface area contributed by atoms with E-state index in [4.69, 9.17) is 4.74 Å². The maximum absolute atomic E-state index is 12.4. The Balaban J connectivity index is 1.92. The van der Waals surface area contributed by atoms with Gasteiger partial charge in [-0.3, -0.25) is 4.79 Å². The molecule has 3 rings (SSSR count). The van der Waals surface area contributed by atoms with E-state index in [1.807, 2.05) is 43.0 Å². The smallest absolute Gasteiger partial charge is 0.250 e. The van der Waals surface area contributed by atoms with Crippen molar-refractivity contribution in [3.05, 3.63) is 24.3 Å². The highest BCUT2D eigenvalue weighted by atomic mass is 32.2. The van der Waals surface area contributed by atoms with Crippen molar-refractivity contribution in [1.29, 1.82) is 0 Å². The first-order chi connectivity index (χ1) is 13.3. The van der Waals surface area contributed by atoms with Gasteiger partial charge in [-0.1, -0.05) is 45.0 Å². The average Bonchev–Trinajstić information content (AvgIpc) is 3.12. The summed E-state index contributed by atoms with van der Waals surface area (Å²) in [4.78, 5) is 18.7. The molecule has 0 aliphatic carbocycles. The number of fused-ring (bicyclic) bond motifs is 1. The van der Waals surface area contributed by atoms with Crippen molar-refractivity contribution in [2.75, 3.05) is 23.0 Å². The van der Waals surface area contributed by atoms with Gasteiger partial charge in [0, 0.05) is 22.9 Å². The van der Waals surface area contributed by atoms with Crippen molar-refractivity contribution >= 4 is 38.4 Å². The Morgan fingerprint density at radius 1 is 1.36 bits per heavy atom. The van der Waals surface area contributed by atoms with E-state index in [9.17, 15) is 13.2 Å². The standard InChI is InChI=1S/C20H28N2O4S2/c1-4-6-10-26-16-9-7-8-15(11-16)22-17-12-28(24,25)13-18(17)27-20(22)21-19(23)14(3)5-2/h7-9,11,14,17-18H,4-6,10,12-13H2,1-3H3/t14-,17-,18-/m0/s1. The molecule has 0 bridgehead atoms. The quantitative estimate of drug-likeness (QED) is 0.624. The number of ether oxygens (including phenoxy) is 1. The molecule has 2 saturated heterocycles. The maximum atomic E-state index is 12.4. The third-order valence-corrected chi connectivity index (χ3v) is 8.38. The molecule has 0 saturated carbocycles. The van der Waals surface area contributed by atoms with E-state index in [0.29, 0.717) is 11.8 Å². The molecule has 1 aromatic rings. The van der Waals surface area contributed by atoms with Crippen LogP contribution >= 0.6 is 11.8 Å². The van der Waals surface area contributed by atoms with Gasteiger partial charge in [-0.05, 0) is 25.0 Å². The Bertz CT molecular complexity index is 854. The van der Waals surface area contributed by atoms with Crippen LogP contribution in [0.15, 0.2) is 29.3 Å². The van der Waals surface area contributed by atoms with Crippen LogP contribution in [0.1, 0.15) is 40.0 Å². The fraction of sp³-hybridized carbons (Fsp3) is 0.600. The zero-order valence-electron chi connectivity index (χ0n) is 16.6. The van der Waals surface area contributed by atoms with Gasteiger partial charge in [0.2, 0.25) is 0 Å². The fourth-order valence-corrected chi connectivity index (χ4v) is 7.22. The molecule has 0 unspecified atom stereocenters. The molecule has 2 heterocycles. The summed E-state index contributed by atoms with van der Waals surface area (Å²) >= 11 is 1.41. The highest BCUT2D eigenvalue weighted by Gasteiger charge is 2.49. The Labute approximate surface area is 171 Å². The zero-order valence-corrected chi connectivity index (χ0v) is 18.3. The third-order valence-electron chi connectivity index (χ3n) is 5.17. The Morgan fingerprint density at radius 2 is 2.14 bits per heavy atom. The summed E-state index contributed by atoms with van der Waals surface area (Å²) in [7, 11) is -3.08. The zero-order chi connectivity index (χ0) is 20.3. The second-order valence-electron chi connectivity index (χ2n) is 7.41. The molecule has 0 aromatic heterocycles. The predicted octanol–water partition coefficient (Wildman–Crippen LogP) is 3.51. The highest BCUT2D eigenvalue weighted by Crippen LogP contribution is 2.41. The predicted molar refractivity (Wildman–Crippen MR) is 115 cm³/mol. The van der Waals surface area contributed by atoms with Crippen molar-refractivity contribution in [2.45, 2.75) is 51.3 Å². The first-order valence-electron chi connectivity index (χ1n) is 9.86. The Morgan fingerprint density at radius 3 is 2.86 bits per heavy atom. The van der Waals surface area contributed by atoms with Crippen molar-refractivity contribution < 1.29 is 17.9 Å². The molecule has 2 fully saturated rings. The van der Waals surface area contributed by atoms with Gasteiger partial charge in [0.25, 0.3) is 5.91 Å². The molecule has 3 atom stereocenters. The second-order valence-corrected chi connectivity index (χ2v) is 10.8. The molecular weight excluding hydrogens is 396 g/mol. The van der Waals surface area contributed by atoms with E-state index in [0.717, 1.165) is 30.7 Å². The molecule has 0 radical (unpaired) electrons. The SMILES string of the molecule is CCCCOc1cccc(N2C(=NC(=O)[C@@H](C)CC)S[C@H]3CS(=O)(=O)C[C@@H]32)c1. The summed E-state index contributed by atoms with van der Waals surface area (Å²) in [5, 5.41) is 0.499. The summed E-state index contributed by atoms with van der Waals surface area (Å²) in [6, 6.07) is 7.42. The molecular formula is C20H28N2O4S2. The van der Waals surface area contributed by atoms with E-state index in [1.54, 1.807) is 0 Å². The minimum absolute atomic E-state index is 0.0854. The van der Waals surface area contributed by atoms with Crippen molar-refractivity contribution in [3.63, 3.8) is 0 Å². The van der Waals surface area contributed by atoms with Gasteiger partial charge < -0.3 is 9.64 Å². The maximum Gasteiger partial charge on any atom is 0.250 e. The molecule has 1 aromatic carbocycles. The molecule has 8 heteroatoms. The van der Waals surface area contributed by atoms with Crippen LogP contribution in [0.3, 0.4) is 0 Å². The van der Waals surface area contributed by atoms with Crippen LogP contribution < -0.4 is 9.64 Å². The van der Waals surface area contributed by atoms with Gasteiger partial charge in [0.05, 0.1) is 24.2 Å². The number of thioether (sulfide) groups is 1. The lowest BCUT2D eigenvalue weighted by Crippen LogP contribution is -2.37. The van der Waals surface area contributed by atoms with Crippen molar-refractivity contribution in [3.8, 4) is 5.75 Å². The first kappa shape index (κ1) is 21.2. The van der Waals surface area contributed by atoms with Crippen molar-refractivity contribution in [2.24, 2.45) is 10.9 Å². The lowest BCUT2D eigenvalue weighted by atomic mass is 10.1. The van der Waals surface area contributed by atoms with Gasteiger partial charge in [-0.15, -0.1) is 0 Å². The normalized spacial score (nSPS) is 25.7. The number of rotatable bonds is 7. The summed E-state index contributed by atoms with van der Waals surface area (Å²) in [6.45, 7) is 6.58. The number of hydrogen-bond donors (Lipinski definition) is 0. The van der Waals surface area contributed by atoms with Crippen LogP contribution in [-0.4, -0.2) is 48.9 Å². The summed E-state index contributed by atoms with van der Waals surface area (Å²) < 4.78 is 30.2. The molecule has 154 valence electrons. The number of hydrogen-bond acceptors (Lipinski definition) is 5. The van der Waals surface area contributed by atoms with Crippen LogP contribution in [0.2, 0.25) is 0 Å². The van der Waals surface area contributed by atoms with Crippen molar-refractivity contribution in [1.82, 2.24) is 0 Å². The van der Waals surface area contributed by atoms with Gasteiger partial charge in [0.1, 0.15) is 5.75 Å². The summed E-state index contributed by atoms with van der Waals surface area (Å²) in [6.07, 6.45) is 2.75. The number of carbonyl (C=O) groups excluding carboxylic acids is 1. The van der Waals surface area contributed by atoms with Crippen LogP contribution in [0.25, 0.3) is 0 Å². The third kappa shape index (κ3) is 4.71. The van der Waals surface area contributed by atoms with Gasteiger partial charge in [0.15, 0.2) is 15.0 Å². The van der Waals surface area contributed by atoms with Crippen LogP contribution in [-0.2, 0) is 14.6 Å². The molecule has 6 nitrogen and oxygen atoms in total. The number of sulfone groups is 1. The minimum Gasteiger partial charge on any atom is -0.494 e. The first-order valence-corrected chi connectivity index (χ1v) is 12.6.